The molecule has 0 aliphatic heterocycles. The molecule has 0 fully saturated rings. The molecule has 0 amide bonds. The third kappa shape index (κ3) is 3.20. The van der Waals surface area contributed by atoms with Crippen LogP contribution in [0.25, 0.3) is 0 Å². The number of nitrogens with zero attached hydrogens (tertiary/aromatic N) is 1. The highest BCUT2D eigenvalue weighted by atomic mass is 32.1. The SMILES string of the molecule is C=CCOc1cccc(N=C=S)c1. The molecule has 0 aliphatic rings. The lowest BCUT2D eigenvalue weighted by molar-refractivity contribution is 0.363. The van der Waals surface area contributed by atoms with E-state index in [-0.39, 0.29) is 0 Å². The number of ether oxygens (including phenoxy) is 1. The first-order chi connectivity index (χ1) is 6.36. The topological polar surface area (TPSA) is 21.6 Å². The second kappa shape index (κ2) is 5.25. The lowest BCUT2D eigenvalue weighted by atomic mass is 10.3. The normalized spacial score (nSPS) is 8.62. The molecule has 13 heavy (non-hydrogen) atoms. The predicted molar refractivity (Wildman–Crippen MR) is 56.8 cm³/mol. The van der Waals surface area contributed by atoms with Crippen molar-refractivity contribution in [3.8, 4) is 5.75 Å². The van der Waals surface area contributed by atoms with Crippen LogP contribution in [-0.2, 0) is 0 Å². The maximum absolute atomic E-state index is 5.30. The zero-order valence-corrected chi connectivity index (χ0v) is 7.88. The van der Waals surface area contributed by atoms with Crippen molar-refractivity contribution in [3.63, 3.8) is 0 Å². The minimum absolute atomic E-state index is 0.491. The van der Waals surface area contributed by atoms with Crippen LogP contribution in [0.3, 0.4) is 0 Å². The Morgan fingerprint density at radius 2 is 2.46 bits per heavy atom. The Labute approximate surface area is 82.6 Å². The van der Waals surface area contributed by atoms with Crippen LogP contribution in [0.4, 0.5) is 5.69 Å². The highest BCUT2D eigenvalue weighted by Gasteiger charge is 1.92. The van der Waals surface area contributed by atoms with Gasteiger partial charge in [-0.05, 0) is 24.4 Å². The van der Waals surface area contributed by atoms with E-state index in [1.807, 2.05) is 18.2 Å². The van der Waals surface area contributed by atoms with Crippen LogP contribution in [0.1, 0.15) is 0 Å². The second-order valence-corrected chi connectivity index (χ2v) is 2.48. The fourth-order valence-corrected chi connectivity index (χ4v) is 0.956. The Bertz CT molecular complexity index is 343. The first-order valence-electron chi connectivity index (χ1n) is 3.78. The van der Waals surface area contributed by atoms with Crippen LogP contribution in [0.2, 0.25) is 0 Å². The molecule has 0 unspecified atom stereocenters. The molecule has 1 aromatic carbocycles. The molecule has 0 atom stereocenters. The lowest BCUT2D eigenvalue weighted by Gasteiger charge is -2.02. The summed E-state index contributed by atoms with van der Waals surface area (Å²) in [7, 11) is 0. The minimum atomic E-state index is 0.491. The van der Waals surface area contributed by atoms with Gasteiger partial charge < -0.3 is 4.74 Å². The number of benzene rings is 1. The van der Waals surface area contributed by atoms with Crippen LogP contribution in [-0.4, -0.2) is 11.8 Å². The molecule has 1 rings (SSSR count). The van der Waals surface area contributed by atoms with E-state index < -0.39 is 0 Å². The Kier molecular flexibility index (Phi) is 3.89. The monoisotopic (exact) mass is 191 g/mol. The van der Waals surface area contributed by atoms with Gasteiger partial charge in [0.15, 0.2) is 0 Å². The molecule has 0 N–H and O–H groups in total. The van der Waals surface area contributed by atoms with Crippen molar-refractivity contribution in [1.82, 2.24) is 0 Å². The molecule has 0 saturated carbocycles. The number of isothiocyanates is 1. The third-order valence-electron chi connectivity index (χ3n) is 1.36. The van der Waals surface area contributed by atoms with Crippen LogP contribution in [0.15, 0.2) is 41.9 Å². The van der Waals surface area contributed by atoms with Crippen LogP contribution >= 0.6 is 12.2 Å². The van der Waals surface area contributed by atoms with E-state index in [2.05, 4.69) is 29.0 Å². The van der Waals surface area contributed by atoms with Gasteiger partial charge in [-0.15, -0.1) is 0 Å². The predicted octanol–water partition coefficient (Wildman–Crippen LogP) is 2.99. The average Bonchev–Trinajstić information content (AvgIpc) is 2.16. The molecule has 0 spiro atoms. The highest BCUT2D eigenvalue weighted by Crippen LogP contribution is 2.19. The van der Waals surface area contributed by atoms with Crippen LogP contribution in [0, 0.1) is 0 Å². The summed E-state index contributed by atoms with van der Waals surface area (Å²) in [6.45, 7) is 4.05. The van der Waals surface area contributed by atoms with Crippen molar-refractivity contribution in [3.05, 3.63) is 36.9 Å². The van der Waals surface area contributed by atoms with E-state index in [0.717, 1.165) is 11.4 Å². The van der Waals surface area contributed by atoms with Crippen LogP contribution in [0.5, 0.6) is 5.75 Å². The standard InChI is InChI=1S/C10H9NOS/c1-2-6-12-10-5-3-4-9(7-10)11-8-13/h2-5,7H,1,6H2. The van der Waals surface area contributed by atoms with E-state index in [4.69, 9.17) is 4.74 Å². The molecule has 2 nitrogen and oxygen atoms in total. The van der Waals surface area contributed by atoms with E-state index in [1.165, 1.54) is 0 Å². The van der Waals surface area contributed by atoms with Gasteiger partial charge in [0, 0.05) is 6.07 Å². The van der Waals surface area contributed by atoms with Gasteiger partial charge in [-0.3, -0.25) is 0 Å². The Morgan fingerprint density at radius 1 is 1.62 bits per heavy atom. The fraction of sp³-hybridized carbons (Fsp3) is 0.100. The fourth-order valence-electron chi connectivity index (χ4n) is 0.851. The molecule has 66 valence electrons. The zero-order chi connectivity index (χ0) is 9.52. The molecule has 0 aromatic heterocycles. The molecule has 0 radical (unpaired) electrons. The van der Waals surface area contributed by atoms with Crippen molar-refractivity contribution in [2.24, 2.45) is 4.99 Å². The Morgan fingerprint density at radius 3 is 3.15 bits per heavy atom. The smallest absolute Gasteiger partial charge is 0.121 e. The number of hydrogen-bond acceptors (Lipinski definition) is 3. The van der Waals surface area contributed by atoms with Gasteiger partial charge in [-0.25, -0.2) is 0 Å². The summed E-state index contributed by atoms with van der Waals surface area (Å²) in [4.78, 5) is 3.83. The number of aliphatic imine (C=N–C) groups is 1. The summed E-state index contributed by atoms with van der Waals surface area (Å²) in [5, 5.41) is 2.30. The van der Waals surface area contributed by atoms with Crippen LogP contribution < -0.4 is 4.74 Å². The second-order valence-electron chi connectivity index (χ2n) is 2.30. The van der Waals surface area contributed by atoms with Crippen molar-refractivity contribution in [2.75, 3.05) is 6.61 Å². The molecular formula is C10H9NOS. The maximum atomic E-state index is 5.30. The van der Waals surface area contributed by atoms with Gasteiger partial charge in [0.05, 0.1) is 10.8 Å². The maximum Gasteiger partial charge on any atom is 0.121 e. The Hall–Kier alpha value is -1.44. The van der Waals surface area contributed by atoms with E-state index >= 15 is 0 Å². The molecule has 3 heteroatoms. The minimum Gasteiger partial charge on any atom is -0.489 e. The van der Waals surface area contributed by atoms with Gasteiger partial charge in [0.1, 0.15) is 12.4 Å². The van der Waals surface area contributed by atoms with Gasteiger partial charge in [0.25, 0.3) is 0 Å². The molecular weight excluding hydrogens is 182 g/mol. The molecule has 0 bridgehead atoms. The van der Waals surface area contributed by atoms with Crippen molar-refractivity contribution >= 4 is 23.1 Å². The average molecular weight is 191 g/mol. The quantitative estimate of drug-likeness (QED) is 0.414. The van der Waals surface area contributed by atoms with E-state index in [1.54, 1.807) is 12.1 Å². The van der Waals surface area contributed by atoms with Gasteiger partial charge in [0.2, 0.25) is 0 Å². The number of rotatable bonds is 4. The first kappa shape index (κ1) is 9.65. The van der Waals surface area contributed by atoms with Crippen molar-refractivity contribution < 1.29 is 4.74 Å². The van der Waals surface area contributed by atoms with Gasteiger partial charge in [-0.1, -0.05) is 18.7 Å². The molecule has 0 aliphatic carbocycles. The highest BCUT2D eigenvalue weighted by molar-refractivity contribution is 7.78. The van der Waals surface area contributed by atoms with E-state index in [0.29, 0.717) is 6.61 Å². The molecule has 0 saturated heterocycles. The summed E-state index contributed by atoms with van der Waals surface area (Å²) >= 11 is 4.49. The number of thiocarbonyl (C=S) groups is 1. The first-order valence-corrected chi connectivity index (χ1v) is 4.19. The Balaban J connectivity index is 2.78. The largest absolute Gasteiger partial charge is 0.489 e. The molecule has 0 heterocycles. The summed E-state index contributed by atoms with van der Waals surface area (Å²) in [5.41, 5.74) is 0.747. The lowest BCUT2D eigenvalue weighted by Crippen LogP contribution is -1.91. The zero-order valence-electron chi connectivity index (χ0n) is 7.06. The van der Waals surface area contributed by atoms with Gasteiger partial charge >= 0.3 is 0 Å². The summed E-state index contributed by atoms with van der Waals surface area (Å²) in [5.74, 6) is 0.756. The molecule has 1 aromatic rings. The summed E-state index contributed by atoms with van der Waals surface area (Å²) in [6.07, 6.45) is 1.69. The van der Waals surface area contributed by atoms with Crippen molar-refractivity contribution in [2.45, 2.75) is 0 Å². The van der Waals surface area contributed by atoms with Crippen molar-refractivity contribution in [1.29, 1.82) is 0 Å². The number of hydrogen-bond donors (Lipinski definition) is 0. The summed E-state index contributed by atoms with van der Waals surface area (Å²) < 4.78 is 5.30. The van der Waals surface area contributed by atoms with Gasteiger partial charge in [-0.2, -0.15) is 4.99 Å². The van der Waals surface area contributed by atoms with E-state index in [9.17, 15) is 0 Å². The summed E-state index contributed by atoms with van der Waals surface area (Å²) in [6, 6.07) is 7.33. The third-order valence-corrected chi connectivity index (χ3v) is 1.45.